The maximum Gasteiger partial charge on any atom is 0.0640 e. The van der Waals surface area contributed by atoms with Crippen LogP contribution in [0, 0.1) is 11.3 Å². The van der Waals surface area contributed by atoms with Crippen molar-refractivity contribution >= 4 is 11.4 Å². The number of rotatable bonds is 7. The van der Waals surface area contributed by atoms with Gasteiger partial charge in [0, 0.05) is 19.1 Å². The van der Waals surface area contributed by atoms with Gasteiger partial charge in [-0.05, 0) is 25.3 Å². The first kappa shape index (κ1) is 12.7. The molecule has 1 aromatic rings. The Balaban J connectivity index is 2.06. The van der Waals surface area contributed by atoms with Crippen LogP contribution < -0.4 is 10.2 Å². The van der Waals surface area contributed by atoms with Crippen LogP contribution in [0.4, 0.5) is 11.4 Å². The van der Waals surface area contributed by atoms with Crippen molar-refractivity contribution < 1.29 is 0 Å². The molecule has 0 aromatic carbocycles. The topological polar surface area (TPSA) is 52.0 Å². The molecule has 0 bridgehead atoms. The number of nitrogens with zero attached hydrogens (tertiary/aromatic N) is 3. The van der Waals surface area contributed by atoms with Gasteiger partial charge in [-0.1, -0.05) is 6.92 Å². The number of nitrogens with one attached hydrogen (secondary N) is 1. The summed E-state index contributed by atoms with van der Waals surface area (Å²) in [5.41, 5.74) is 2.20. The SMILES string of the molecule is CCCNc1cncc(N(CCC#N)C2CC2)c1. The Labute approximate surface area is 109 Å². The van der Waals surface area contributed by atoms with Gasteiger partial charge in [0.2, 0.25) is 0 Å². The average Bonchev–Trinajstić information content (AvgIpc) is 3.22. The summed E-state index contributed by atoms with van der Waals surface area (Å²) in [6.45, 7) is 3.92. The Morgan fingerprint density at radius 3 is 3.00 bits per heavy atom. The largest absolute Gasteiger partial charge is 0.384 e. The maximum absolute atomic E-state index is 8.73. The Morgan fingerprint density at radius 2 is 2.33 bits per heavy atom. The van der Waals surface area contributed by atoms with Crippen molar-refractivity contribution in [2.45, 2.75) is 38.6 Å². The lowest BCUT2D eigenvalue weighted by Crippen LogP contribution is -2.26. The molecule has 2 rings (SSSR count). The zero-order valence-corrected chi connectivity index (χ0v) is 10.9. The third-order valence-electron chi connectivity index (χ3n) is 3.09. The minimum Gasteiger partial charge on any atom is -0.384 e. The number of hydrogen-bond donors (Lipinski definition) is 1. The van der Waals surface area contributed by atoms with Crippen molar-refractivity contribution in [3.63, 3.8) is 0 Å². The number of pyridine rings is 1. The van der Waals surface area contributed by atoms with Gasteiger partial charge in [0.05, 0.1) is 36.3 Å². The molecule has 1 aliphatic rings. The summed E-state index contributed by atoms with van der Waals surface area (Å²) in [5.74, 6) is 0. The van der Waals surface area contributed by atoms with E-state index in [2.05, 4.69) is 34.3 Å². The first-order valence-corrected chi connectivity index (χ1v) is 6.67. The fourth-order valence-corrected chi connectivity index (χ4v) is 2.03. The van der Waals surface area contributed by atoms with Crippen molar-refractivity contribution in [1.29, 1.82) is 5.26 Å². The van der Waals surface area contributed by atoms with Crippen LogP contribution in [0.2, 0.25) is 0 Å². The molecule has 0 atom stereocenters. The summed E-state index contributed by atoms with van der Waals surface area (Å²) in [7, 11) is 0. The third-order valence-corrected chi connectivity index (χ3v) is 3.09. The second kappa shape index (κ2) is 6.25. The Kier molecular flexibility index (Phi) is 4.40. The van der Waals surface area contributed by atoms with Gasteiger partial charge in [-0.2, -0.15) is 5.26 Å². The predicted molar refractivity (Wildman–Crippen MR) is 73.6 cm³/mol. The number of aromatic nitrogens is 1. The molecule has 0 amide bonds. The molecule has 1 fully saturated rings. The Bertz CT molecular complexity index is 420. The maximum atomic E-state index is 8.73. The molecule has 0 aliphatic heterocycles. The van der Waals surface area contributed by atoms with Crippen LogP contribution in [0.5, 0.6) is 0 Å². The molecule has 1 aliphatic carbocycles. The quantitative estimate of drug-likeness (QED) is 0.801. The molecule has 0 unspecified atom stereocenters. The normalized spacial score (nSPS) is 14.0. The minimum atomic E-state index is 0.573. The van der Waals surface area contributed by atoms with Crippen LogP contribution in [0.15, 0.2) is 18.5 Å². The van der Waals surface area contributed by atoms with Gasteiger partial charge in [0.15, 0.2) is 0 Å². The molecule has 96 valence electrons. The van der Waals surface area contributed by atoms with Crippen LogP contribution in [-0.2, 0) is 0 Å². The van der Waals surface area contributed by atoms with Gasteiger partial charge in [-0.3, -0.25) is 4.98 Å². The summed E-state index contributed by atoms with van der Waals surface area (Å²) >= 11 is 0. The molecule has 4 nitrogen and oxygen atoms in total. The molecule has 0 radical (unpaired) electrons. The van der Waals surface area contributed by atoms with Gasteiger partial charge in [-0.25, -0.2) is 0 Å². The van der Waals surface area contributed by atoms with Crippen molar-refractivity contribution in [3.8, 4) is 6.07 Å². The van der Waals surface area contributed by atoms with Crippen LogP contribution in [0.25, 0.3) is 0 Å². The first-order valence-electron chi connectivity index (χ1n) is 6.67. The molecule has 1 heterocycles. The van der Waals surface area contributed by atoms with Gasteiger partial charge in [0.1, 0.15) is 0 Å². The molecule has 0 spiro atoms. The number of nitriles is 1. The molecule has 4 heteroatoms. The van der Waals surface area contributed by atoms with Gasteiger partial charge in [0.25, 0.3) is 0 Å². The van der Waals surface area contributed by atoms with Crippen LogP contribution in [0.3, 0.4) is 0 Å². The van der Waals surface area contributed by atoms with Crippen molar-refractivity contribution in [2.75, 3.05) is 23.3 Å². The smallest absolute Gasteiger partial charge is 0.0640 e. The van der Waals surface area contributed by atoms with Crippen LogP contribution in [0.1, 0.15) is 32.6 Å². The molecule has 1 aromatic heterocycles. The standard InChI is InChI=1S/C14H20N4/c1-2-7-17-12-9-14(11-16-10-12)18(8-3-6-15)13-4-5-13/h9-11,13,17H,2-5,7-8H2,1H3. The first-order chi connectivity index (χ1) is 8.85. The lowest BCUT2D eigenvalue weighted by Gasteiger charge is -2.23. The minimum absolute atomic E-state index is 0.573. The molecule has 1 saturated carbocycles. The van der Waals surface area contributed by atoms with E-state index in [1.54, 1.807) is 0 Å². The highest BCUT2D eigenvalue weighted by molar-refractivity contribution is 5.56. The third kappa shape index (κ3) is 3.36. The van der Waals surface area contributed by atoms with Crippen molar-refractivity contribution in [1.82, 2.24) is 4.98 Å². The zero-order valence-electron chi connectivity index (χ0n) is 10.9. The van der Waals surface area contributed by atoms with E-state index in [1.807, 2.05) is 12.4 Å². The highest BCUT2D eigenvalue weighted by atomic mass is 15.2. The second-order valence-corrected chi connectivity index (χ2v) is 4.69. The van der Waals surface area contributed by atoms with E-state index in [1.165, 1.54) is 12.8 Å². The van der Waals surface area contributed by atoms with Gasteiger partial charge < -0.3 is 10.2 Å². The van der Waals surface area contributed by atoms with Crippen LogP contribution >= 0.6 is 0 Å². The van der Waals surface area contributed by atoms with E-state index in [0.717, 1.165) is 30.9 Å². The lowest BCUT2D eigenvalue weighted by atomic mass is 10.3. The van der Waals surface area contributed by atoms with E-state index < -0.39 is 0 Å². The van der Waals surface area contributed by atoms with E-state index in [9.17, 15) is 0 Å². The van der Waals surface area contributed by atoms with E-state index in [0.29, 0.717) is 12.5 Å². The summed E-state index contributed by atoms with van der Waals surface area (Å²) in [4.78, 5) is 6.60. The molecule has 18 heavy (non-hydrogen) atoms. The average molecular weight is 244 g/mol. The van der Waals surface area contributed by atoms with E-state index in [4.69, 9.17) is 5.26 Å². The van der Waals surface area contributed by atoms with Crippen molar-refractivity contribution in [2.24, 2.45) is 0 Å². The summed E-state index contributed by atoms with van der Waals surface area (Å²) < 4.78 is 0. The highest BCUT2D eigenvalue weighted by Crippen LogP contribution is 2.32. The lowest BCUT2D eigenvalue weighted by molar-refractivity contribution is 0.790. The van der Waals surface area contributed by atoms with Gasteiger partial charge >= 0.3 is 0 Å². The summed E-state index contributed by atoms with van der Waals surface area (Å²) in [6.07, 6.45) is 7.89. The highest BCUT2D eigenvalue weighted by Gasteiger charge is 2.29. The van der Waals surface area contributed by atoms with E-state index >= 15 is 0 Å². The molecule has 1 N–H and O–H groups in total. The predicted octanol–water partition coefficient (Wildman–Crippen LogP) is 2.79. The van der Waals surface area contributed by atoms with Crippen molar-refractivity contribution in [3.05, 3.63) is 18.5 Å². The van der Waals surface area contributed by atoms with Crippen LogP contribution in [-0.4, -0.2) is 24.1 Å². The fraction of sp³-hybridized carbons (Fsp3) is 0.571. The number of hydrogen-bond acceptors (Lipinski definition) is 4. The fourth-order valence-electron chi connectivity index (χ4n) is 2.03. The second-order valence-electron chi connectivity index (χ2n) is 4.69. The molecular weight excluding hydrogens is 224 g/mol. The molecule has 0 saturated heterocycles. The Morgan fingerprint density at radius 1 is 1.50 bits per heavy atom. The summed E-state index contributed by atoms with van der Waals surface area (Å²) in [6, 6.07) is 4.97. The molecular formula is C14H20N4. The monoisotopic (exact) mass is 244 g/mol. The number of anilines is 2. The van der Waals surface area contributed by atoms with Gasteiger partial charge in [-0.15, -0.1) is 0 Å². The Hall–Kier alpha value is -1.76. The van der Waals surface area contributed by atoms with E-state index in [-0.39, 0.29) is 0 Å². The summed E-state index contributed by atoms with van der Waals surface area (Å²) in [5, 5.41) is 12.1. The zero-order chi connectivity index (χ0) is 12.8.